The summed E-state index contributed by atoms with van der Waals surface area (Å²) < 4.78 is 8.61. The third-order valence-corrected chi connectivity index (χ3v) is 4.78. The first-order valence-corrected chi connectivity index (χ1v) is 8.86. The summed E-state index contributed by atoms with van der Waals surface area (Å²) in [4.78, 5) is 28.8. The third-order valence-electron chi connectivity index (χ3n) is 4.78. The van der Waals surface area contributed by atoms with Crippen LogP contribution in [-0.2, 0) is 31.2 Å². The smallest absolute Gasteiger partial charge is 0.345 e. The normalized spacial score (nSPS) is 16.6. The largest absolute Gasteiger partial charge is 0.441 e. The van der Waals surface area contributed by atoms with Gasteiger partial charge in [-0.2, -0.15) is 5.10 Å². The van der Waals surface area contributed by atoms with Gasteiger partial charge in [0, 0.05) is 33.0 Å². The van der Waals surface area contributed by atoms with E-state index < -0.39 is 0 Å². The molecule has 136 valence electrons. The third kappa shape index (κ3) is 3.14. The van der Waals surface area contributed by atoms with E-state index in [-0.39, 0.29) is 17.5 Å². The second-order valence-electron chi connectivity index (χ2n) is 6.64. The molecule has 1 N–H and O–H groups in total. The highest BCUT2D eigenvalue weighted by atomic mass is 16.3. The van der Waals surface area contributed by atoms with Gasteiger partial charge in [0.25, 0.3) is 0 Å². The van der Waals surface area contributed by atoms with Crippen LogP contribution in [0.2, 0.25) is 0 Å². The molecule has 0 fully saturated rings. The molecule has 3 aromatic rings. The molecule has 1 aliphatic heterocycles. The predicted octanol–water partition coefficient (Wildman–Crippen LogP) is 1.03. The molecule has 0 saturated carbocycles. The van der Waals surface area contributed by atoms with E-state index in [9.17, 15) is 9.59 Å². The highest BCUT2D eigenvalue weighted by Crippen LogP contribution is 2.17. The summed E-state index contributed by atoms with van der Waals surface area (Å²) in [5, 5.41) is 7.15. The summed E-state index contributed by atoms with van der Waals surface area (Å²) in [6, 6.07) is 7.66. The Kier molecular flexibility index (Phi) is 4.32. The Bertz CT molecular complexity index is 967. The van der Waals surface area contributed by atoms with Crippen molar-refractivity contribution in [3.8, 4) is 0 Å². The van der Waals surface area contributed by atoms with Crippen LogP contribution in [0.3, 0.4) is 0 Å². The van der Waals surface area contributed by atoms with Crippen molar-refractivity contribution in [1.82, 2.24) is 24.6 Å². The number of nitrogens with zero attached hydrogens (tertiary/aromatic N) is 4. The Balaban J connectivity index is 1.28. The number of carbonyl (C=O) groups is 1. The van der Waals surface area contributed by atoms with Crippen molar-refractivity contribution in [3.63, 3.8) is 0 Å². The summed E-state index contributed by atoms with van der Waals surface area (Å²) in [6.45, 7) is 0.960. The van der Waals surface area contributed by atoms with E-state index in [1.165, 1.54) is 4.68 Å². The lowest BCUT2D eigenvalue weighted by Crippen LogP contribution is -2.39. The van der Waals surface area contributed by atoms with E-state index in [1.54, 1.807) is 11.6 Å². The van der Waals surface area contributed by atoms with Gasteiger partial charge in [-0.05, 0) is 25.0 Å². The number of fused-ring (bicyclic) bond motifs is 2. The Morgan fingerprint density at radius 2 is 2.23 bits per heavy atom. The first kappa shape index (κ1) is 16.6. The van der Waals surface area contributed by atoms with E-state index in [0.29, 0.717) is 38.2 Å². The summed E-state index contributed by atoms with van der Waals surface area (Å²) in [5.41, 5.74) is 1.48. The van der Waals surface area contributed by atoms with E-state index in [1.807, 2.05) is 24.3 Å². The Morgan fingerprint density at radius 1 is 1.38 bits per heavy atom. The molecular weight excluding hydrogens is 334 g/mol. The van der Waals surface area contributed by atoms with Crippen LogP contribution < -0.4 is 11.0 Å². The lowest BCUT2D eigenvalue weighted by Gasteiger charge is -2.21. The minimum Gasteiger partial charge on any atom is -0.441 e. The van der Waals surface area contributed by atoms with Gasteiger partial charge in [-0.15, -0.1) is 0 Å². The number of hydrogen-bond acceptors (Lipinski definition) is 5. The quantitative estimate of drug-likeness (QED) is 0.690. The molecule has 0 radical (unpaired) electrons. The molecule has 4 rings (SSSR count). The van der Waals surface area contributed by atoms with Crippen LogP contribution in [-0.4, -0.2) is 31.8 Å². The van der Waals surface area contributed by atoms with Crippen molar-refractivity contribution < 1.29 is 9.21 Å². The molecule has 26 heavy (non-hydrogen) atoms. The fourth-order valence-corrected chi connectivity index (χ4v) is 3.37. The van der Waals surface area contributed by atoms with E-state index in [4.69, 9.17) is 4.42 Å². The second kappa shape index (κ2) is 6.78. The molecule has 3 heterocycles. The molecule has 1 amide bonds. The SMILES string of the molecule is Cn1nc2n(c1=O)C[C@@H](C(=O)NCCCc1nc3ccccc3o1)CC2. The van der Waals surface area contributed by atoms with E-state index in [0.717, 1.165) is 23.3 Å². The number of carbonyl (C=O) groups excluding carboxylic acids is 1. The van der Waals surface area contributed by atoms with Crippen LogP contribution in [0, 0.1) is 5.92 Å². The van der Waals surface area contributed by atoms with Crippen molar-refractivity contribution in [2.45, 2.75) is 32.2 Å². The Morgan fingerprint density at radius 3 is 3.08 bits per heavy atom. The van der Waals surface area contributed by atoms with Gasteiger partial charge in [0.1, 0.15) is 11.3 Å². The monoisotopic (exact) mass is 355 g/mol. The maximum Gasteiger partial charge on any atom is 0.345 e. The molecule has 0 spiro atoms. The number of amides is 1. The molecule has 2 aromatic heterocycles. The van der Waals surface area contributed by atoms with Crippen molar-refractivity contribution in [2.75, 3.05) is 6.54 Å². The number of oxazole rings is 1. The molecule has 0 saturated heterocycles. The summed E-state index contributed by atoms with van der Waals surface area (Å²) in [6.07, 6.45) is 2.79. The maximum atomic E-state index is 12.4. The zero-order valence-corrected chi connectivity index (χ0v) is 14.6. The van der Waals surface area contributed by atoms with Gasteiger partial charge in [0.05, 0.1) is 5.92 Å². The maximum absolute atomic E-state index is 12.4. The standard InChI is InChI=1S/C18H21N5O3/c1-22-18(25)23-11-12(8-9-15(23)21-22)17(24)19-10-4-7-16-20-13-5-2-3-6-14(13)26-16/h2-3,5-6,12H,4,7-11H2,1H3,(H,19,24)/t12-/m0/s1. The number of aryl methyl sites for hydroxylation is 3. The first-order valence-electron chi connectivity index (χ1n) is 8.86. The zero-order chi connectivity index (χ0) is 18.1. The summed E-state index contributed by atoms with van der Waals surface area (Å²) in [5.74, 6) is 1.25. The van der Waals surface area contributed by atoms with E-state index >= 15 is 0 Å². The molecule has 8 heteroatoms. The van der Waals surface area contributed by atoms with Gasteiger partial charge in [0.15, 0.2) is 11.5 Å². The Labute approximate surface area is 149 Å². The fourth-order valence-electron chi connectivity index (χ4n) is 3.37. The van der Waals surface area contributed by atoms with Gasteiger partial charge in [-0.3, -0.25) is 9.36 Å². The van der Waals surface area contributed by atoms with Gasteiger partial charge in [-0.25, -0.2) is 14.5 Å². The highest BCUT2D eigenvalue weighted by molar-refractivity contribution is 5.78. The average Bonchev–Trinajstić information content (AvgIpc) is 3.19. The lowest BCUT2D eigenvalue weighted by molar-refractivity contribution is -0.125. The number of nitrogens with one attached hydrogen (secondary N) is 1. The van der Waals surface area contributed by atoms with Crippen LogP contribution in [0.4, 0.5) is 0 Å². The highest BCUT2D eigenvalue weighted by Gasteiger charge is 2.27. The second-order valence-corrected chi connectivity index (χ2v) is 6.64. The molecular formula is C18H21N5O3. The van der Waals surface area contributed by atoms with Gasteiger partial charge < -0.3 is 9.73 Å². The van der Waals surface area contributed by atoms with Gasteiger partial charge in [0.2, 0.25) is 5.91 Å². The zero-order valence-electron chi connectivity index (χ0n) is 14.6. The number of aromatic nitrogens is 4. The van der Waals surface area contributed by atoms with Gasteiger partial charge >= 0.3 is 5.69 Å². The van der Waals surface area contributed by atoms with Gasteiger partial charge in [-0.1, -0.05) is 12.1 Å². The molecule has 0 unspecified atom stereocenters. The molecule has 1 aliphatic rings. The van der Waals surface area contributed by atoms with Crippen molar-refractivity contribution in [1.29, 1.82) is 0 Å². The average molecular weight is 355 g/mol. The summed E-state index contributed by atoms with van der Waals surface area (Å²) >= 11 is 0. The predicted molar refractivity (Wildman–Crippen MR) is 94.6 cm³/mol. The van der Waals surface area contributed by atoms with Crippen molar-refractivity contribution in [3.05, 3.63) is 46.5 Å². The Hall–Kier alpha value is -2.90. The van der Waals surface area contributed by atoms with Crippen LogP contribution >= 0.6 is 0 Å². The molecule has 8 nitrogen and oxygen atoms in total. The number of para-hydroxylation sites is 2. The van der Waals surface area contributed by atoms with Crippen molar-refractivity contribution >= 4 is 17.0 Å². The topological polar surface area (TPSA) is 95.0 Å². The number of benzene rings is 1. The van der Waals surface area contributed by atoms with Crippen molar-refractivity contribution in [2.24, 2.45) is 13.0 Å². The molecule has 0 bridgehead atoms. The van der Waals surface area contributed by atoms with Crippen LogP contribution in [0.15, 0.2) is 33.5 Å². The minimum atomic E-state index is -0.186. The van der Waals surface area contributed by atoms with Crippen LogP contribution in [0.25, 0.3) is 11.1 Å². The number of hydrogen-bond donors (Lipinski definition) is 1. The lowest BCUT2D eigenvalue weighted by atomic mass is 9.98. The molecule has 1 aromatic carbocycles. The van der Waals surface area contributed by atoms with Crippen LogP contribution in [0.1, 0.15) is 24.6 Å². The molecule has 1 atom stereocenters. The van der Waals surface area contributed by atoms with Crippen LogP contribution in [0.5, 0.6) is 0 Å². The minimum absolute atomic E-state index is 0.0102. The molecule has 0 aliphatic carbocycles. The first-order chi connectivity index (χ1) is 12.6. The van der Waals surface area contributed by atoms with E-state index in [2.05, 4.69) is 15.4 Å². The summed E-state index contributed by atoms with van der Waals surface area (Å²) in [7, 11) is 1.63. The fraction of sp³-hybridized carbons (Fsp3) is 0.444. The number of rotatable bonds is 5.